The van der Waals surface area contributed by atoms with Gasteiger partial charge in [0.25, 0.3) is 0 Å². The Morgan fingerprint density at radius 1 is 1.35 bits per heavy atom. The van der Waals surface area contributed by atoms with Crippen LogP contribution in [0.15, 0.2) is 18.5 Å². The van der Waals surface area contributed by atoms with Gasteiger partial charge in [0.15, 0.2) is 0 Å². The smallest absolute Gasteiger partial charge is 0.407 e. The molecule has 5 heteroatoms. The second-order valence-corrected chi connectivity index (χ2v) is 7.76. The average molecular weight is 319 g/mol. The maximum atomic E-state index is 12.1. The largest absolute Gasteiger partial charge is 0.444 e. The Bertz CT molecular complexity index is 553. The monoisotopic (exact) mass is 319 g/mol. The zero-order valence-electron chi connectivity index (χ0n) is 14.8. The molecule has 1 aliphatic carbocycles. The molecule has 1 aromatic heterocycles. The van der Waals surface area contributed by atoms with E-state index in [0.29, 0.717) is 17.8 Å². The highest BCUT2D eigenvalue weighted by molar-refractivity contribution is 5.68. The van der Waals surface area contributed by atoms with E-state index in [2.05, 4.69) is 24.1 Å². The van der Waals surface area contributed by atoms with E-state index < -0.39 is 5.60 Å². The Morgan fingerprint density at radius 2 is 2.04 bits per heavy atom. The van der Waals surface area contributed by atoms with E-state index in [1.807, 2.05) is 26.8 Å². The fourth-order valence-corrected chi connectivity index (χ4v) is 3.37. The molecule has 3 N–H and O–H groups in total. The number of pyridine rings is 1. The van der Waals surface area contributed by atoms with Gasteiger partial charge in [0.05, 0.1) is 11.9 Å². The van der Waals surface area contributed by atoms with Crippen LogP contribution >= 0.6 is 0 Å². The highest BCUT2D eigenvalue weighted by Gasteiger charge is 2.35. The second-order valence-electron chi connectivity index (χ2n) is 7.76. The zero-order chi connectivity index (χ0) is 17.2. The number of carbonyl (C=O) groups excluding carboxylic acids is 1. The van der Waals surface area contributed by atoms with Crippen LogP contribution in [0.4, 0.5) is 10.5 Å². The number of rotatable bonds is 2. The van der Waals surface area contributed by atoms with Crippen LogP contribution < -0.4 is 11.1 Å². The van der Waals surface area contributed by atoms with E-state index in [1.165, 1.54) is 0 Å². The molecular formula is C18H29N3O2. The molecule has 128 valence electrons. The molecule has 0 aromatic carbocycles. The quantitative estimate of drug-likeness (QED) is 0.871. The molecule has 1 aromatic rings. The van der Waals surface area contributed by atoms with Crippen LogP contribution in [0.2, 0.25) is 0 Å². The normalized spacial score (nSPS) is 28.2. The van der Waals surface area contributed by atoms with Crippen molar-refractivity contribution in [3.8, 4) is 0 Å². The summed E-state index contributed by atoms with van der Waals surface area (Å²) in [7, 11) is 0. The Kier molecular flexibility index (Phi) is 5.17. The number of anilines is 1. The number of nitrogens with zero attached hydrogens (tertiary/aromatic N) is 1. The van der Waals surface area contributed by atoms with Gasteiger partial charge in [-0.2, -0.15) is 0 Å². The maximum Gasteiger partial charge on any atom is 0.407 e. The van der Waals surface area contributed by atoms with Crippen molar-refractivity contribution in [3.63, 3.8) is 0 Å². The van der Waals surface area contributed by atoms with E-state index in [0.717, 1.165) is 24.1 Å². The van der Waals surface area contributed by atoms with Crippen molar-refractivity contribution >= 4 is 11.8 Å². The van der Waals surface area contributed by atoms with E-state index in [1.54, 1.807) is 12.4 Å². The molecule has 5 nitrogen and oxygen atoms in total. The molecule has 0 saturated heterocycles. The SMILES string of the molecule is CC1CC(c2ccncc2N)CC(NC(=O)OC(C)(C)C)C1C. The lowest BCUT2D eigenvalue weighted by atomic mass is 9.70. The Morgan fingerprint density at radius 3 is 2.65 bits per heavy atom. The zero-order valence-corrected chi connectivity index (χ0v) is 14.8. The number of nitrogens with two attached hydrogens (primary N) is 1. The molecule has 1 amide bonds. The van der Waals surface area contributed by atoms with Crippen molar-refractivity contribution in [1.29, 1.82) is 0 Å². The number of nitrogen functional groups attached to an aromatic ring is 1. The summed E-state index contributed by atoms with van der Waals surface area (Å²) in [6.07, 6.45) is 5.09. The summed E-state index contributed by atoms with van der Waals surface area (Å²) in [6.45, 7) is 10.1. The van der Waals surface area contributed by atoms with Crippen molar-refractivity contribution in [2.24, 2.45) is 11.8 Å². The Balaban J connectivity index is 2.10. The number of amides is 1. The van der Waals surface area contributed by atoms with Crippen LogP contribution in [0.3, 0.4) is 0 Å². The summed E-state index contributed by atoms with van der Waals surface area (Å²) in [5.41, 5.74) is 7.47. The van der Waals surface area contributed by atoms with E-state index >= 15 is 0 Å². The van der Waals surface area contributed by atoms with Crippen LogP contribution in [0.1, 0.15) is 58.9 Å². The standard InChI is InChI=1S/C18H29N3O2/c1-11-8-13(14-6-7-20-10-15(14)19)9-16(12(11)2)21-17(22)23-18(3,4)5/h6-7,10-13,16H,8-9,19H2,1-5H3,(H,21,22). The van der Waals surface area contributed by atoms with Crippen molar-refractivity contribution in [2.75, 3.05) is 5.73 Å². The molecule has 1 heterocycles. The van der Waals surface area contributed by atoms with Gasteiger partial charge in [-0.1, -0.05) is 13.8 Å². The molecule has 0 bridgehead atoms. The molecule has 1 aliphatic rings. The number of carbonyl (C=O) groups is 1. The van der Waals surface area contributed by atoms with Crippen molar-refractivity contribution in [2.45, 2.75) is 65.0 Å². The topological polar surface area (TPSA) is 77.2 Å². The first-order valence-corrected chi connectivity index (χ1v) is 8.36. The Labute approximate surface area is 139 Å². The highest BCUT2D eigenvalue weighted by atomic mass is 16.6. The van der Waals surface area contributed by atoms with Gasteiger partial charge in [-0.25, -0.2) is 4.79 Å². The summed E-state index contributed by atoms with van der Waals surface area (Å²) < 4.78 is 5.40. The second kappa shape index (κ2) is 6.77. The average Bonchev–Trinajstić information content (AvgIpc) is 2.42. The van der Waals surface area contributed by atoms with Gasteiger partial charge in [-0.05, 0) is 63.0 Å². The van der Waals surface area contributed by atoms with Crippen molar-refractivity contribution in [1.82, 2.24) is 10.3 Å². The maximum absolute atomic E-state index is 12.1. The van der Waals surface area contributed by atoms with Gasteiger partial charge in [-0.15, -0.1) is 0 Å². The summed E-state index contributed by atoms with van der Waals surface area (Å²) in [5.74, 6) is 1.24. The predicted octanol–water partition coefficient (Wildman–Crippen LogP) is 3.71. The summed E-state index contributed by atoms with van der Waals surface area (Å²) in [6, 6.07) is 2.08. The highest BCUT2D eigenvalue weighted by Crippen LogP contribution is 2.41. The fourth-order valence-electron chi connectivity index (χ4n) is 3.37. The number of nitrogens with one attached hydrogen (secondary N) is 1. The number of hydrogen-bond acceptors (Lipinski definition) is 4. The number of aromatic nitrogens is 1. The molecule has 0 spiro atoms. The molecule has 1 fully saturated rings. The molecule has 2 rings (SSSR count). The molecule has 1 saturated carbocycles. The fraction of sp³-hybridized carbons (Fsp3) is 0.667. The van der Waals surface area contributed by atoms with Gasteiger partial charge < -0.3 is 15.8 Å². The molecule has 0 radical (unpaired) electrons. The van der Waals surface area contributed by atoms with E-state index in [4.69, 9.17) is 10.5 Å². The minimum absolute atomic E-state index is 0.0890. The number of hydrogen-bond donors (Lipinski definition) is 2. The third kappa shape index (κ3) is 4.60. The van der Waals surface area contributed by atoms with Crippen LogP contribution in [-0.2, 0) is 4.74 Å². The first-order chi connectivity index (χ1) is 10.7. The molecule has 0 aliphatic heterocycles. The lowest BCUT2D eigenvalue weighted by molar-refractivity contribution is 0.0448. The minimum Gasteiger partial charge on any atom is -0.444 e. The van der Waals surface area contributed by atoms with Gasteiger partial charge in [0.2, 0.25) is 0 Å². The lowest BCUT2D eigenvalue weighted by Crippen LogP contribution is -2.47. The Hall–Kier alpha value is -1.78. The van der Waals surface area contributed by atoms with Crippen LogP contribution in [-0.4, -0.2) is 22.7 Å². The van der Waals surface area contributed by atoms with Gasteiger partial charge in [0, 0.05) is 12.2 Å². The minimum atomic E-state index is -0.484. The summed E-state index contributed by atoms with van der Waals surface area (Å²) in [4.78, 5) is 16.2. The summed E-state index contributed by atoms with van der Waals surface area (Å²) in [5, 5.41) is 3.06. The molecule has 4 atom stereocenters. The number of ether oxygens (including phenoxy) is 1. The van der Waals surface area contributed by atoms with Crippen LogP contribution in [0.5, 0.6) is 0 Å². The van der Waals surface area contributed by atoms with Crippen molar-refractivity contribution in [3.05, 3.63) is 24.0 Å². The van der Waals surface area contributed by atoms with Crippen LogP contribution in [0, 0.1) is 11.8 Å². The predicted molar refractivity (Wildman–Crippen MR) is 92.1 cm³/mol. The van der Waals surface area contributed by atoms with E-state index in [9.17, 15) is 4.79 Å². The van der Waals surface area contributed by atoms with E-state index in [-0.39, 0.29) is 12.1 Å². The van der Waals surface area contributed by atoms with Crippen LogP contribution in [0.25, 0.3) is 0 Å². The lowest BCUT2D eigenvalue weighted by Gasteiger charge is -2.39. The van der Waals surface area contributed by atoms with Gasteiger partial charge in [-0.3, -0.25) is 4.98 Å². The third-order valence-electron chi connectivity index (χ3n) is 4.76. The van der Waals surface area contributed by atoms with Gasteiger partial charge >= 0.3 is 6.09 Å². The molecule has 4 unspecified atom stereocenters. The van der Waals surface area contributed by atoms with Crippen molar-refractivity contribution < 1.29 is 9.53 Å². The summed E-state index contributed by atoms with van der Waals surface area (Å²) >= 11 is 0. The molecule has 23 heavy (non-hydrogen) atoms. The first kappa shape index (κ1) is 17.6. The number of alkyl carbamates (subject to hydrolysis) is 1. The van der Waals surface area contributed by atoms with Gasteiger partial charge in [0.1, 0.15) is 5.60 Å². The molecular weight excluding hydrogens is 290 g/mol. The third-order valence-corrected chi connectivity index (χ3v) is 4.76. The first-order valence-electron chi connectivity index (χ1n) is 8.36.